The van der Waals surface area contributed by atoms with Gasteiger partial charge in [-0.3, -0.25) is 0 Å². The molecule has 0 aliphatic carbocycles. The Morgan fingerprint density at radius 1 is 1.47 bits per heavy atom. The molecular formula is C10H8FIN2O. The Morgan fingerprint density at radius 3 is 2.87 bits per heavy atom. The van der Waals surface area contributed by atoms with E-state index < -0.39 is 0 Å². The van der Waals surface area contributed by atoms with E-state index >= 15 is 0 Å². The number of imidazole rings is 1. The van der Waals surface area contributed by atoms with Crippen molar-refractivity contribution in [2.45, 2.75) is 6.61 Å². The second kappa shape index (κ2) is 4.28. The van der Waals surface area contributed by atoms with Crippen LogP contribution in [0.15, 0.2) is 30.7 Å². The first kappa shape index (κ1) is 10.6. The van der Waals surface area contributed by atoms with Crippen molar-refractivity contribution in [3.8, 4) is 5.69 Å². The van der Waals surface area contributed by atoms with E-state index in [1.54, 1.807) is 29.2 Å². The molecule has 0 bridgehead atoms. The van der Waals surface area contributed by atoms with Crippen molar-refractivity contribution in [3.05, 3.63) is 45.8 Å². The monoisotopic (exact) mass is 318 g/mol. The van der Waals surface area contributed by atoms with Gasteiger partial charge >= 0.3 is 0 Å². The molecule has 2 aromatic rings. The highest BCUT2D eigenvalue weighted by Crippen LogP contribution is 2.16. The number of aliphatic hydroxyl groups excluding tert-OH is 1. The first-order chi connectivity index (χ1) is 7.20. The summed E-state index contributed by atoms with van der Waals surface area (Å²) < 4.78 is 15.5. The van der Waals surface area contributed by atoms with Crippen LogP contribution in [0.2, 0.25) is 0 Å². The summed E-state index contributed by atoms with van der Waals surface area (Å²) in [6.07, 6.45) is 3.22. The highest BCUT2D eigenvalue weighted by molar-refractivity contribution is 14.1. The van der Waals surface area contributed by atoms with Crippen LogP contribution in [0.3, 0.4) is 0 Å². The lowest BCUT2D eigenvalue weighted by atomic mass is 10.3. The standard InChI is InChI=1S/C10H8FIN2O/c11-9-3-8(1-2-10(9)12)14-4-7(5-15)13-6-14/h1-4,6,15H,5H2. The molecule has 1 aromatic heterocycles. The summed E-state index contributed by atoms with van der Waals surface area (Å²) >= 11 is 1.93. The Kier molecular flexibility index (Phi) is 3.01. The van der Waals surface area contributed by atoms with Gasteiger partial charge in [0.2, 0.25) is 0 Å². The van der Waals surface area contributed by atoms with E-state index in [0.717, 1.165) is 0 Å². The fraction of sp³-hybridized carbons (Fsp3) is 0.100. The van der Waals surface area contributed by atoms with Gasteiger partial charge in [0, 0.05) is 15.5 Å². The third-order valence-electron chi connectivity index (χ3n) is 2.00. The average molecular weight is 318 g/mol. The molecule has 1 N–H and O–H groups in total. The van der Waals surface area contributed by atoms with Gasteiger partial charge in [-0.05, 0) is 40.8 Å². The zero-order valence-corrected chi connectivity index (χ0v) is 9.85. The van der Waals surface area contributed by atoms with Crippen LogP contribution in [0, 0.1) is 9.39 Å². The van der Waals surface area contributed by atoms with Crippen LogP contribution in [0.4, 0.5) is 4.39 Å². The van der Waals surface area contributed by atoms with Gasteiger partial charge in [0.1, 0.15) is 5.82 Å². The normalized spacial score (nSPS) is 10.6. The van der Waals surface area contributed by atoms with Gasteiger partial charge in [0.05, 0.1) is 18.6 Å². The molecule has 0 saturated carbocycles. The Morgan fingerprint density at radius 2 is 2.27 bits per heavy atom. The van der Waals surface area contributed by atoms with Crippen LogP contribution >= 0.6 is 22.6 Å². The Balaban J connectivity index is 2.40. The maximum atomic E-state index is 13.3. The van der Waals surface area contributed by atoms with Gasteiger partial charge in [-0.25, -0.2) is 9.37 Å². The molecule has 15 heavy (non-hydrogen) atoms. The Hall–Kier alpha value is -0.950. The van der Waals surface area contributed by atoms with E-state index in [2.05, 4.69) is 4.98 Å². The van der Waals surface area contributed by atoms with E-state index in [1.807, 2.05) is 22.6 Å². The van der Waals surface area contributed by atoms with E-state index in [9.17, 15) is 4.39 Å². The van der Waals surface area contributed by atoms with Crippen LogP contribution in [0.1, 0.15) is 5.69 Å². The summed E-state index contributed by atoms with van der Waals surface area (Å²) in [4.78, 5) is 3.95. The average Bonchev–Trinajstić information content (AvgIpc) is 2.70. The fourth-order valence-electron chi connectivity index (χ4n) is 1.23. The molecule has 0 radical (unpaired) electrons. The summed E-state index contributed by atoms with van der Waals surface area (Å²) in [6.45, 7) is -0.111. The molecular weight excluding hydrogens is 310 g/mol. The molecule has 0 amide bonds. The molecule has 1 aromatic carbocycles. The van der Waals surface area contributed by atoms with Crippen LogP contribution in [-0.2, 0) is 6.61 Å². The van der Waals surface area contributed by atoms with Crippen molar-refractivity contribution in [2.24, 2.45) is 0 Å². The minimum absolute atomic E-state index is 0.111. The number of halogens is 2. The molecule has 0 atom stereocenters. The second-order valence-corrected chi connectivity index (χ2v) is 4.19. The smallest absolute Gasteiger partial charge is 0.138 e. The minimum atomic E-state index is -0.257. The molecule has 0 aliphatic heterocycles. The lowest BCUT2D eigenvalue weighted by Gasteiger charge is -2.02. The summed E-state index contributed by atoms with van der Waals surface area (Å²) in [5.74, 6) is -0.257. The van der Waals surface area contributed by atoms with Crippen LogP contribution in [0.25, 0.3) is 5.69 Å². The summed E-state index contributed by atoms with van der Waals surface area (Å²) in [6, 6.07) is 4.93. The first-order valence-corrected chi connectivity index (χ1v) is 5.38. The highest BCUT2D eigenvalue weighted by Gasteiger charge is 2.03. The number of hydrogen-bond donors (Lipinski definition) is 1. The number of hydrogen-bond acceptors (Lipinski definition) is 2. The summed E-state index contributed by atoms with van der Waals surface area (Å²) in [5.41, 5.74) is 1.26. The molecule has 0 fully saturated rings. The Bertz CT molecular complexity index is 484. The number of aliphatic hydroxyl groups is 1. The van der Waals surface area contributed by atoms with Gasteiger partial charge in [-0.1, -0.05) is 0 Å². The van der Waals surface area contributed by atoms with Crippen LogP contribution in [0.5, 0.6) is 0 Å². The zero-order valence-electron chi connectivity index (χ0n) is 7.69. The largest absolute Gasteiger partial charge is 0.390 e. The third kappa shape index (κ3) is 2.18. The number of rotatable bonds is 2. The zero-order chi connectivity index (χ0) is 10.8. The van der Waals surface area contributed by atoms with Crippen LogP contribution in [-0.4, -0.2) is 14.7 Å². The predicted octanol–water partition coefficient (Wildman–Crippen LogP) is 2.11. The Labute approximate surface area is 99.7 Å². The lowest BCUT2D eigenvalue weighted by molar-refractivity contribution is 0.277. The van der Waals surface area contributed by atoms with Gasteiger partial charge in [-0.2, -0.15) is 0 Å². The molecule has 2 rings (SSSR count). The second-order valence-electron chi connectivity index (χ2n) is 3.03. The van der Waals surface area contributed by atoms with E-state index in [-0.39, 0.29) is 12.4 Å². The molecule has 3 nitrogen and oxygen atoms in total. The van der Waals surface area contributed by atoms with Gasteiger partial charge < -0.3 is 9.67 Å². The summed E-state index contributed by atoms with van der Waals surface area (Å²) in [7, 11) is 0. The molecule has 1 heterocycles. The van der Waals surface area contributed by atoms with Crippen LogP contribution < -0.4 is 0 Å². The molecule has 0 unspecified atom stereocenters. The van der Waals surface area contributed by atoms with Crippen molar-refractivity contribution in [1.82, 2.24) is 9.55 Å². The van der Waals surface area contributed by atoms with Crippen molar-refractivity contribution in [1.29, 1.82) is 0 Å². The molecule has 0 spiro atoms. The SMILES string of the molecule is OCc1cn(-c2ccc(I)c(F)c2)cn1. The van der Waals surface area contributed by atoms with Gasteiger partial charge in [0.15, 0.2) is 0 Å². The number of benzene rings is 1. The highest BCUT2D eigenvalue weighted by atomic mass is 127. The maximum absolute atomic E-state index is 13.3. The summed E-state index contributed by atoms with van der Waals surface area (Å²) in [5, 5.41) is 8.85. The minimum Gasteiger partial charge on any atom is -0.390 e. The topological polar surface area (TPSA) is 38.0 Å². The lowest BCUT2D eigenvalue weighted by Crippen LogP contribution is -1.92. The van der Waals surface area contributed by atoms with Crippen molar-refractivity contribution in [2.75, 3.05) is 0 Å². The molecule has 0 saturated heterocycles. The third-order valence-corrected chi connectivity index (χ3v) is 2.87. The van der Waals surface area contributed by atoms with Gasteiger partial charge in [-0.15, -0.1) is 0 Å². The van der Waals surface area contributed by atoms with Crippen molar-refractivity contribution >= 4 is 22.6 Å². The van der Waals surface area contributed by atoms with Gasteiger partial charge in [0.25, 0.3) is 0 Å². The first-order valence-electron chi connectivity index (χ1n) is 4.30. The van der Waals surface area contributed by atoms with Crippen molar-refractivity contribution < 1.29 is 9.50 Å². The maximum Gasteiger partial charge on any atom is 0.138 e. The van der Waals surface area contributed by atoms with E-state index in [1.165, 1.54) is 6.07 Å². The number of nitrogens with zero attached hydrogens (tertiary/aromatic N) is 2. The fourth-order valence-corrected chi connectivity index (χ4v) is 1.57. The van der Waals surface area contributed by atoms with E-state index in [0.29, 0.717) is 15.0 Å². The predicted molar refractivity (Wildman–Crippen MR) is 62.2 cm³/mol. The van der Waals surface area contributed by atoms with Crippen molar-refractivity contribution in [3.63, 3.8) is 0 Å². The number of aromatic nitrogens is 2. The molecule has 5 heteroatoms. The quantitative estimate of drug-likeness (QED) is 0.861. The molecule has 78 valence electrons. The van der Waals surface area contributed by atoms with E-state index in [4.69, 9.17) is 5.11 Å². The molecule has 0 aliphatic rings.